The largest absolute Gasteiger partial charge is 0.503 e. The Morgan fingerprint density at radius 1 is 0.524 bits per heavy atom. The summed E-state index contributed by atoms with van der Waals surface area (Å²) < 4.78 is 136. The molecule has 0 spiro atoms. The van der Waals surface area contributed by atoms with Crippen molar-refractivity contribution < 1.29 is 64.7 Å². The number of halogens is 9. The smallest absolute Gasteiger partial charge is 0.309 e. The van der Waals surface area contributed by atoms with E-state index in [-0.39, 0.29) is 18.2 Å². The molecule has 4 N–H and O–H groups in total. The molecule has 0 aromatic heterocycles. The van der Waals surface area contributed by atoms with Crippen LogP contribution in [0.15, 0.2) is 18.2 Å². The Labute approximate surface area is 229 Å². The van der Waals surface area contributed by atoms with Gasteiger partial charge < -0.3 is 20.4 Å². The molecule has 2 unspecified atom stereocenters. The maximum Gasteiger partial charge on any atom is 0.309 e. The number of aromatic hydroxyl groups is 3. The molecule has 5 nitrogen and oxygen atoms in total. The summed E-state index contributed by atoms with van der Waals surface area (Å²) in [5, 5.41) is 40.4. The molecule has 7 rings (SSSR count). The maximum absolute atomic E-state index is 15.7. The first-order valence-electron chi connectivity index (χ1n) is 12.3. The summed E-state index contributed by atoms with van der Waals surface area (Å²) in [5.74, 6) is -23.3. The van der Waals surface area contributed by atoms with Crippen LogP contribution in [0.1, 0.15) is 48.8 Å². The molecular weight excluding hydrogens is 587 g/mol. The molecule has 0 aliphatic heterocycles. The highest BCUT2D eigenvalue weighted by Crippen LogP contribution is 2.81. The van der Waals surface area contributed by atoms with E-state index < -0.39 is 146 Å². The second kappa shape index (κ2) is 8.26. The quantitative estimate of drug-likeness (QED) is 0.265. The number of rotatable bonds is 4. The zero-order valence-electron chi connectivity index (χ0n) is 20.9. The first-order valence-corrected chi connectivity index (χ1v) is 12.3. The Balaban J connectivity index is 1.81. The Morgan fingerprint density at radius 3 is 1.21 bits per heavy atom. The molecule has 3 aromatic rings. The van der Waals surface area contributed by atoms with Gasteiger partial charge in [-0.05, 0) is 32.1 Å². The van der Waals surface area contributed by atoms with Gasteiger partial charge in [-0.15, -0.1) is 0 Å². The van der Waals surface area contributed by atoms with E-state index in [1.165, 1.54) is 0 Å². The topological polar surface area (TPSA) is 98.0 Å². The summed E-state index contributed by atoms with van der Waals surface area (Å²) in [4.78, 5) is 12.8. The highest BCUT2D eigenvalue weighted by Gasteiger charge is 2.81. The molecule has 222 valence electrons. The fraction of sp³-hybridized carbons (Fsp3) is 0.321. The van der Waals surface area contributed by atoms with Gasteiger partial charge >= 0.3 is 5.97 Å². The van der Waals surface area contributed by atoms with Gasteiger partial charge in [-0.3, -0.25) is 4.79 Å². The van der Waals surface area contributed by atoms with E-state index in [0.29, 0.717) is 0 Å². The summed E-state index contributed by atoms with van der Waals surface area (Å²) in [6.45, 7) is 0. The van der Waals surface area contributed by atoms with E-state index in [4.69, 9.17) is 0 Å². The van der Waals surface area contributed by atoms with Crippen LogP contribution in [-0.2, 0) is 21.0 Å². The third-order valence-electron chi connectivity index (χ3n) is 9.53. The van der Waals surface area contributed by atoms with Crippen molar-refractivity contribution in [3.05, 3.63) is 87.2 Å². The van der Waals surface area contributed by atoms with E-state index in [2.05, 4.69) is 0 Å². The molecule has 3 aromatic carbocycles. The minimum absolute atomic E-state index is 0.0232. The molecule has 4 aliphatic carbocycles. The van der Waals surface area contributed by atoms with Crippen molar-refractivity contribution in [2.24, 2.45) is 5.41 Å². The standard InChI is InChI=1S/C28H17F9O5/c29-9-1-12(32)21(38)18(35)15(9)25-4-26(24(41)42)7-27(5-25,16-10(30)2-13(33)22(39)19(16)36)28(6-25,8-26)17-11(31)3-14(34)23(40)20(17)37/h1-3,38-40H,4-8H2,(H,41,42). The number of carboxylic acids is 1. The zero-order valence-corrected chi connectivity index (χ0v) is 20.9. The first-order chi connectivity index (χ1) is 19.5. The molecule has 0 radical (unpaired) electrons. The lowest BCUT2D eigenvalue weighted by Crippen LogP contribution is -2.46. The van der Waals surface area contributed by atoms with Gasteiger partial charge in [0.15, 0.2) is 52.2 Å². The first kappa shape index (κ1) is 28.0. The van der Waals surface area contributed by atoms with E-state index in [1.807, 2.05) is 0 Å². The van der Waals surface area contributed by atoms with Crippen molar-refractivity contribution in [3.8, 4) is 17.2 Å². The second-order valence-corrected chi connectivity index (χ2v) is 11.5. The minimum atomic E-state index is -2.54. The van der Waals surface area contributed by atoms with E-state index in [1.54, 1.807) is 0 Å². The van der Waals surface area contributed by atoms with Gasteiger partial charge in [0, 0.05) is 51.1 Å². The fourth-order valence-electron chi connectivity index (χ4n) is 8.56. The summed E-state index contributed by atoms with van der Waals surface area (Å²) in [7, 11) is 0. The lowest BCUT2D eigenvalue weighted by atomic mass is 9.56. The van der Waals surface area contributed by atoms with Crippen LogP contribution in [0.2, 0.25) is 0 Å². The Kier molecular flexibility index (Phi) is 5.51. The lowest BCUT2D eigenvalue weighted by molar-refractivity contribution is -0.153. The number of hydrogen-bond acceptors (Lipinski definition) is 4. The molecule has 42 heavy (non-hydrogen) atoms. The molecule has 14 heteroatoms. The normalized spacial score (nSPS) is 29.5. The molecule has 0 heterocycles. The number of hydrogen-bond donors (Lipinski definition) is 4. The van der Waals surface area contributed by atoms with Crippen molar-refractivity contribution in [2.45, 2.75) is 48.3 Å². The second-order valence-electron chi connectivity index (χ2n) is 11.5. The molecular formula is C28H17F9O5. The molecule has 4 bridgehead atoms. The third-order valence-corrected chi connectivity index (χ3v) is 9.53. The van der Waals surface area contributed by atoms with Crippen LogP contribution in [0.4, 0.5) is 39.5 Å². The number of phenolic OH excluding ortho intramolecular Hbond substituents is 3. The molecule has 0 saturated heterocycles. The summed E-state index contributed by atoms with van der Waals surface area (Å²) >= 11 is 0. The number of phenols is 3. The predicted octanol–water partition coefficient (Wildman–Crippen LogP) is 6.23. The highest BCUT2D eigenvalue weighted by molar-refractivity contribution is 5.79. The number of aliphatic carboxylic acids is 1. The van der Waals surface area contributed by atoms with Crippen molar-refractivity contribution >= 4 is 5.97 Å². The van der Waals surface area contributed by atoms with E-state index in [9.17, 15) is 38.4 Å². The van der Waals surface area contributed by atoms with E-state index in [0.717, 1.165) is 0 Å². The Hall–Kier alpha value is -4.10. The van der Waals surface area contributed by atoms with Gasteiger partial charge in [0.25, 0.3) is 0 Å². The monoisotopic (exact) mass is 604 g/mol. The SMILES string of the molecule is O=C(O)C12CC3(c4c(F)cc(F)c(O)c4F)CC(c4c(F)cc(F)c(O)c4F)(C1)C(c1c(F)cc(F)c(O)c1F)(C2)C3. The van der Waals surface area contributed by atoms with Crippen molar-refractivity contribution in [1.29, 1.82) is 0 Å². The average Bonchev–Trinajstić information content (AvgIpc) is 3.21. The maximum atomic E-state index is 15.7. The van der Waals surface area contributed by atoms with Crippen LogP contribution in [0.5, 0.6) is 17.2 Å². The number of carboxylic acid groups (broad SMARTS) is 1. The molecule has 4 fully saturated rings. The summed E-state index contributed by atoms with van der Waals surface area (Å²) in [6.07, 6.45) is -4.30. The molecule has 2 atom stereocenters. The van der Waals surface area contributed by atoms with E-state index >= 15 is 26.3 Å². The third kappa shape index (κ3) is 3.09. The predicted molar refractivity (Wildman–Crippen MR) is 122 cm³/mol. The zero-order chi connectivity index (χ0) is 30.9. The van der Waals surface area contributed by atoms with Crippen LogP contribution in [0.3, 0.4) is 0 Å². The Bertz CT molecular complexity index is 1680. The van der Waals surface area contributed by atoms with Gasteiger partial charge in [0.2, 0.25) is 0 Å². The van der Waals surface area contributed by atoms with Crippen molar-refractivity contribution in [1.82, 2.24) is 0 Å². The number of carbonyl (C=O) groups is 1. The summed E-state index contributed by atoms with van der Waals surface area (Å²) in [6, 6.07) is 0.114. The van der Waals surface area contributed by atoms with Crippen molar-refractivity contribution in [3.63, 3.8) is 0 Å². The average molecular weight is 604 g/mol. The van der Waals surface area contributed by atoms with Gasteiger partial charge in [-0.2, -0.15) is 0 Å². The van der Waals surface area contributed by atoms with Gasteiger partial charge in [0.1, 0.15) is 17.5 Å². The molecule has 4 aliphatic rings. The van der Waals surface area contributed by atoms with Crippen LogP contribution in [0.25, 0.3) is 0 Å². The minimum Gasteiger partial charge on any atom is -0.503 e. The number of benzene rings is 3. The van der Waals surface area contributed by atoms with Crippen molar-refractivity contribution in [2.75, 3.05) is 0 Å². The summed E-state index contributed by atoms with van der Waals surface area (Å²) in [5.41, 5.74) is -13.3. The molecule has 0 amide bonds. The van der Waals surface area contributed by atoms with Crippen LogP contribution in [-0.4, -0.2) is 26.4 Å². The van der Waals surface area contributed by atoms with Gasteiger partial charge in [-0.1, -0.05) is 0 Å². The highest BCUT2D eigenvalue weighted by atomic mass is 19.2. The van der Waals surface area contributed by atoms with Crippen LogP contribution in [0, 0.1) is 57.8 Å². The van der Waals surface area contributed by atoms with Crippen LogP contribution >= 0.6 is 0 Å². The fourth-order valence-corrected chi connectivity index (χ4v) is 8.56. The molecule has 4 saturated carbocycles. The van der Waals surface area contributed by atoms with Gasteiger partial charge in [-0.25, -0.2) is 39.5 Å². The van der Waals surface area contributed by atoms with Gasteiger partial charge in [0.05, 0.1) is 5.41 Å². The van der Waals surface area contributed by atoms with Crippen LogP contribution < -0.4 is 0 Å². The Morgan fingerprint density at radius 2 is 0.857 bits per heavy atom. The lowest BCUT2D eigenvalue weighted by Gasteiger charge is -2.46.